The van der Waals surface area contributed by atoms with Gasteiger partial charge >= 0.3 is 0 Å². The molecule has 2 aliphatic heterocycles. The van der Waals surface area contributed by atoms with E-state index in [1.807, 2.05) is 17.2 Å². The van der Waals surface area contributed by atoms with Crippen molar-refractivity contribution in [3.63, 3.8) is 0 Å². The van der Waals surface area contributed by atoms with Crippen molar-refractivity contribution < 1.29 is 4.79 Å². The minimum atomic E-state index is 0.529. The molecule has 0 unspecified atom stereocenters. The first kappa shape index (κ1) is 6.97. The Morgan fingerprint density at radius 3 is 3.33 bits per heavy atom. The van der Waals surface area contributed by atoms with Gasteiger partial charge in [-0.1, -0.05) is 0 Å². The van der Waals surface area contributed by atoms with Crippen molar-refractivity contribution in [1.29, 1.82) is 0 Å². The zero-order valence-corrected chi connectivity index (χ0v) is 6.34. The van der Waals surface area contributed by atoms with Crippen LogP contribution in [0.2, 0.25) is 0 Å². The van der Waals surface area contributed by atoms with E-state index in [2.05, 4.69) is 9.98 Å². The molecule has 2 rings (SSSR count). The largest absolute Gasteiger partial charge is 0.312 e. The van der Waals surface area contributed by atoms with Gasteiger partial charge in [-0.15, -0.1) is 0 Å². The molecule has 4 heteroatoms. The lowest BCUT2D eigenvalue weighted by Gasteiger charge is -2.23. The Bertz CT molecular complexity index is 325. The summed E-state index contributed by atoms with van der Waals surface area (Å²) in [7, 11) is 0. The van der Waals surface area contributed by atoms with E-state index < -0.39 is 0 Å². The molecule has 2 heterocycles. The summed E-state index contributed by atoms with van der Waals surface area (Å²) in [6, 6.07) is 0. The normalized spacial score (nSPS) is 19.8. The molecule has 2 aliphatic rings. The molecule has 0 fully saturated rings. The first-order valence-electron chi connectivity index (χ1n) is 3.58. The standard InChI is InChI=1S/C8H7N3O/c12-5-7-4-9-6-11-3-1-2-10-8(7)11/h1-5H,6H2. The van der Waals surface area contributed by atoms with Gasteiger partial charge in [0.1, 0.15) is 12.5 Å². The summed E-state index contributed by atoms with van der Waals surface area (Å²) < 4.78 is 0. The van der Waals surface area contributed by atoms with E-state index in [0.29, 0.717) is 18.1 Å². The summed E-state index contributed by atoms with van der Waals surface area (Å²) in [5.74, 6) is 0.683. The van der Waals surface area contributed by atoms with Crippen LogP contribution in [0.4, 0.5) is 0 Å². The highest BCUT2D eigenvalue weighted by molar-refractivity contribution is 6.03. The lowest BCUT2D eigenvalue weighted by molar-refractivity contribution is -0.104. The summed E-state index contributed by atoms with van der Waals surface area (Å²) in [5, 5.41) is 0. The molecule has 0 atom stereocenters. The van der Waals surface area contributed by atoms with Gasteiger partial charge in [0.25, 0.3) is 0 Å². The molecule has 0 aromatic heterocycles. The van der Waals surface area contributed by atoms with Crippen LogP contribution < -0.4 is 0 Å². The zero-order valence-electron chi connectivity index (χ0n) is 6.34. The van der Waals surface area contributed by atoms with Crippen molar-refractivity contribution in [2.75, 3.05) is 6.67 Å². The second-order valence-corrected chi connectivity index (χ2v) is 2.44. The van der Waals surface area contributed by atoms with Crippen LogP contribution in [-0.4, -0.2) is 30.3 Å². The Kier molecular flexibility index (Phi) is 1.59. The fourth-order valence-corrected chi connectivity index (χ4v) is 1.12. The van der Waals surface area contributed by atoms with Gasteiger partial charge in [-0.05, 0) is 6.08 Å². The molecule has 4 nitrogen and oxygen atoms in total. The van der Waals surface area contributed by atoms with Crippen LogP contribution in [-0.2, 0) is 4.79 Å². The maximum absolute atomic E-state index is 10.5. The quantitative estimate of drug-likeness (QED) is 0.520. The Labute approximate surface area is 69.6 Å². The monoisotopic (exact) mass is 161 g/mol. The van der Waals surface area contributed by atoms with Gasteiger partial charge < -0.3 is 4.90 Å². The van der Waals surface area contributed by atoms with Crippen LogP contribution in [0.15, 0.2) is 33.7 Å². The van der Waals surface area contributed by atoms with E-state index in [-0.39, 0.29) is 0 Å². The number of fused-ring (bicyclic) bond motifs is 1. The van der Waals surface area contributed by atoms with Gasteiger partial charge in [0.15, 0.2) is 6.29 Å². The molecule has 0 aliphatic carbocycles. The molecule has 0 spiro atoms. The minimum absolute atomic E-state index is 0.529. The molecule has 0 amide bonds. The zero-order chi connectivity index (χ0) is 8.39. The molecular formula is C8H7N3O. The number of aliphatic imine (C=N–C) groups is 2. The molecule has 12 heavy (non-hydrogen) atoms. The number of hydrogen-bond acceptors (Lipinski definition) is 4. The van der Waals surface area contributed by atoms with Crippen molar-refractivity contribution in [2.24, 2.45) is 9.98 Å². The molecule has 0 saturated heterocycles. The highest BCUT2D eigenvalue weighted by atomic mass is 16.1. The van der Waals surface area contributed by atoms with Crippen molar-refractivity contribution in [3.05, 3.63) is 23.7 Å². The van der Waals surface area contributed by atoms with E-state index in [9.17, 15) is 4.79 Å². The van der Waals surface area contributed by atoms with Gasteiger partial charge in [-0.2, -0.15) is 0 Å². The van der Waals surface area contributed by atoms with Gasteiger partial charge in [-0.3, -0.25) is 9.79 Å². The Morgan fingerprint density at radius 1 is 1.58 bits per heavy atom. The maximum Gasteiger partial charge on any atom is 0.155 e. The summed E-state index contributed by atoms with van der Waals surface area (Å²) in [4.78, 5) is 20.4. The Morgan fingerprint density at radius 2 is 2.50 bits per heavy atom. The van der Waals surface area contributed by atoms with Gasteiger partial charge in [-0.25, -0.2) is 4.99 Å². The number of nitrogens with zero attached hydrogens (tertiary/aromatic N) is 3. The van der Waals surface area contributed by atoms with Gasteiger partial charge in [0.05, 0.1) is 5.57 Å². The lowest BCUT2D eigenvalue weighted by Crippen LogP contribution is -2.23. The summed E-state index contributed by atoms with van der Waals surface area (Å²) >= 11 is 0. The second-order valence-electron chi connectivity index (χ2n) is 2.44. The first-order valence-corrected chi connectivity index (χ1v) is 3.58. The van der Waals surface area contributed by atoms with Crippen LogP contribution in [0, 0.1) is 0 Å². The van der Waals surface area contributed by atoms with Gasteiger partial charge in [0, 0.05) is 18.6 Å². The average molecular weight is 161 g/mol. The third-order valence-electron chi connectivity index (χ3n) is 1.67. The van der Waals surface area contributed by atoms with Crippen LogP contribution in [0.1, 0.15) is 0 Å². The predicted octanol–water partition coefficient (Wildman–Crippen LogP) is 0.339. The highest BCUT2D eigenvalue weighted by Crippen LogP contribution is 2.16. The van der Waals surface area contributed by atoms with E-state index in [1.165, 1.54) is 0 Å². The number of allylic oxidation sites excluding steroid dienone is 2. The SMILES string of the molecule is O=CC1=C2N=CC=CN2CN=C1. The minimum Gasteiger partial charge on any atom is -0.312 e. The van der Waals surface area contributed by atoms with Crippen molar-refractivity contribution in [3.8, 4) is 0 Å². The Balaban J connectivity index is 2.46. The van der Waals surface area contributed by atoms with E-state index >= 15 is 0 Å². The highest BCUT2D eigenvalue weighted by Gasteiger charge is 2.14. The van der Waals surface area contributed by atoms with E-state index in [0.717, 1.165) is 6.29 Å². The summed E-state index contributed by atoms with van der Waals surface area (Å²) in [5.41, 5.74) is 0.529. The number of hydrogen-bond donors (Lipinski definition) is 0. The Hall–Kier alpha value is -1.71. The smallest absolute Gasteiger partial charge is 0.155 e. The summed E-state index contributed by atoms with van der Waals surface area (Å²) in [6.45, 7) is 0.542. The fraction of sp³-hybridized carbons (Fsp3) is 0.125. The molecular weight excluding hydrogens is 154 g/mol. The third kappa shape index (κ3) is 0.972. The van der Waals surface area contributed by atoms with E-state index in [1.54, 1.807) is 12.4 Å². The first-order chi connectivity index (χ1) is 5.92. The predicted molar refractivity (Wildman–Crippen MR) is 45.9 cm³/mol. The van der Waals surface area contributed by atoms with Gasteiger partial charge in [0.2, 0.25) is 0 Å². The molecule has 0 radical (unpaired) electrons. The lowest BCUT2D eigenvalue weighted by atomic mass is 10.2. The van der Waals surface area contributed by atoms with Crippen LogP contribution in [0.25, 0.3) is 0 Å². The third-order valence-corrected chi connectivity index (χ3v) is 1.67. The van der Waals surface area contributed by atoms with Crippen LogP contribution >= 0.6 is 0 Å². The molecule has 0 aromatic rings. The number of carbonyl (C=O) groups excluding carboxylic acids is 1. The number of aldehydes is 1. The second kappa shape index (κ2) is 2.73. The molecule has 0 aromatic carbocycles. The van der Waals surface area contributed by atoms with Crippen LogP contribution in [0.5, 0.6) is 0 Å². The molecule has 0 N–H and O–H groups in total. The van der Waals surface area contributed by atoms with Crippen molar-refractivity contribution in [1.82, 2.24) is 4.90 Å². The van der Waals surface area contributed by atoms with E-state index in [4.69, 9.17) is 0 Å². The number of carbonyl (C=O) groups is 1. The van der Waals surface area contributed by atoms with Crippen molar-refractivity contribution >= 4 is 18.7 Å². The number of rotatable bonds is 1. The summed E-state index contributed by atoms with van der Waals surface area (Å²) in [6.07, 6.45) is 7.64. The maximum atomic E-state index is 10.5. The van der Waals surface area contributed by atoms with Crippen molar-refractivity contribution in [2.45, 2.75) is 0 Å². The van der Waals surface area contributed by atoms with Crippen LogP contribution in [0.3, 0.4) is 0 Å². The molecule has 0 saturated carbocycles. The molecule has 0 bridgehead atoms. The molecule has 60 valence electrons. The average Bonchev–Trinajstić information content (AvgIpc) is 2.17. The fourth-order valence-electron chi connectivity index (χ4n) is 1.12. The topological polar surface area (TPSA) is 45.0 Å².